The number of hydrogen-bond donors (Lipinski definition) is 0. The monoisotopic (exact) mass is 452 g/mol. The predicted octanol–water partition coefficient (Wildman–Crippen LogP) is 4.27. The van der Waals surface area contributed by atoms with Crippen LogP contribution in [-0.2, 0) is 20.9 Å². The van der Waals surface area contributed by atoms with Gasteiger partial charge in [0, 0.05) is 18.7 Å². The molecular weight excluding hydrogens is 424 g/mol. The predicted molar refractivity (Wildman–Crippen MR) is 124 cm³/mol. The molecule has 2 heterocycles. The first-order valence-electron chi connectivity index (χ1n) is 11.0. The summed E-state index contributed by atoms with van der Waals surface area (Å²) in [5, 5.41) is -0.0785. The molecule has 0 N–H and O–H groups in total. The zero-order valence-corrected chi connectivity index (χ0v) is 18.9. The van der Waals surface area contributed by atoms with Gasteiger partial charge in [-0.1, -0.05) is 60.7 Å². The van der Waals surface area contributed by atoms with Crippen molar-refractivity contribution in [2.45, 2.75) is 43.3 Å². The van der Waals surface area contributed by atoms with Crippen LogP contribution in [0.4, 0.5) is 4.79 Å². The Morgan fingerprint density at radius 1 is 1.16 bits per heavy atom. The number of nitrogens with zero attached hydrogens (tertiary/aromatic N) is 2. The number of carbonyl (C=O) groups excluding carboxylic acids is 3. The van der Waals surface area contributed by atoms with Gasteiger partial charge in [0.2, 0.25) is 0 Å². The smallest absolute Gasteiger partial charge is 0.322 e. The molecule has 2 aliphatic rings. The SMILES string of the molecule is COC(=O)C(CCCC=O)C1C2CSC(c3ccccc3)N2C(=O)N1Cc1ccccc1. The highest BCUT2D eigenvalue weighted by molar-refractivity contribution is 7.99. The highest BCUT2D eigenvalue weighted by Crippen LogP contribution is 2.49. The molecule has 2 aliphatic heterocycles. The number of ether oxygens (including phenoxy) is 1. The molecule has 7 heteroatoms. The van der Waals surface area contributed by atoms with Gasteiger partial charge >= 0.3 is 12.0 Å². The maximum absolute atomic E-state index is 13.8. The summed E-state index contributed by atoms with van der Waals surface area (Å²) in [6.07, 6.45) is 2.37. The summed E-state index contributed by atoms with van der Waals surface area (Å²) < 4.78 is 5.16. The van der Waals surface area contributed by atoms with E-state index in [1.165, 1.54) is 7.11 Å². The Morgan fingerprint density at radius 3 is 2.50 bits per heavy atom. The van der Waals surface area contributed by atoms with Crippen LogP contribution in [0.5, 0.6) is 0 Å². The summed E-state index contributed by atoms with van der Waals surface area (Å²) in [5.74, 6) is -0.0397. The molecule has 4 rings (SSSR count). The molecule has 2 aromatic carbocycles. The maximum atomic E-state index is 13.8. The molecule has 6 nitrogen and oxygen atoms in total. The minimum absolute atomic E-state index is 0.0491. The second kappa shape index (κ2) is 10.2. The zero-order valence-electron chi connectivity index (χ0n) is 18.1. The molecule has 0 spiro atoms. The molecule has 4 atom stereocenters. The minimum atomic E-state index is -0.474. The molecule has 0 aliphatic carbocycles. The third-order valence-electron chi connectivity index (χ3n) is 6.29. The number of methoxy groups -OCH3 is 1. The van der Waals surface area contributed by atoms with Crippen molar-refractivity contribution >= 4 is 30.0 Å². The van der Waals surface area contributed by atoms with Gasteiger partial charge in [0.15, 0.2) is 0 Å². The van der Waals surface area contributed by atoms with E-state index in [4.69, 9.17) is 4.74 Å². The number of urea groups is 1. The van der Waals surface area contributed by atoms with E-state index in [0.29, 0.717) is 25.8 Å². The third-order valence-corrected chi connectivity index (χ3v) is 7.64. The van der Waals surface area contributed by atoms with Crippen LogP contribution in [0.1, 0.15) is 35.8 Å². The standard InChI is InChI=1S/C25H28N2O4S/c1-31-24(29)20(14-8-9-15-28)22-21-17-32-23(19-12-6-3-7-13-19)27(21)25(30)26(22)16-18-10-4-2-5-11-18/h2-7,10-13,15,20-23H,8-9,14,16-17H2,1H3. The van der Waals surface area contributed by atoms with E-state index in [2.05, 4.69) is 0 Å². The van der Waals surface area contributed by atoms with E-state index in [9.17, 15) is 14.4 Å². The summed E-state index contributed by atoms with van der Waals surface area (Å²) in [4.78, 5) is 41.3. The lowest BCUT2D eigenvalue weighted by Gasteiger charge is -2.31. The number of carbonyl (C=O) groups is 3. The minimum Gasteiger partial charge on any atom is -0.469 e. The maximum Gasteiger partial charge on any atom is 0.322 e. The lowest BCUT2D eigenvalue weighted by Crippen LogP contribution is -2.46. The van der Waals surface area contributed by atoms with Crippen molar-refractivity contribution in [3.8, 4) is 0 Å². The molecule has 2 saturated heterocycles. The van der Waals surface area contributed by atoms with Gasteiger partial charge in [-0.3, -0.25) is 4.79 Å². The Labute approximate surface area is 192 Å². The quantitative estimate of drug-likeness (QED) is 0.323. The second-order valence-electron chi connectivity index (χ2n) is 8.18. The number of unbranched alkanes of at least 4 members (excludes halogenated alkanes) is 1. The van der Waals surface area contributed by atoms with E-state index < -0.39 is 5.92 Å². The molecule has 0 aromatic heterocycles. The van der Waals surface area contributed by atoms with Gasteiger partial charge in [-0.05, 0) is 24.0 Å². The molecule has 168 valence electrons. The van der Waals surface area contributed by atoms with Gasteiger partial charge in [0.1, 0.15) is 11.7 Å². The fourth-order valence-corrected chi connectivity index (χ4v) is 6.32. The molecule has 2 aromatic rings. The van der Waals surface area contributed by atoms with E-state index in [-0.39, 0.29) is 29.5 Å². The van der Waals surface area contributed by atoms with Gasteiger partial charge in [-0.25, -0.2) is 4.79 Å². The first-order chi connectivity index (χ1) is 15.7. The molecule has 32 heavy (non-hydrogen) atoms. The molecule has 2 amide bonds. The second-order valence-corrected chi connectivity index (χ2v) is 9.30. The average molecular weight is 453 g/mol. The molecule has 0 radical (unpaired) electrons. The summed E-state index contributed by atoms with van der Waals surface area (Å²) >= 11 is 1.74. The summed E-state index contributed by atoms with van der Waals surface area (Å²) in [7, 11) is 1.39. The van der Waals surface area contributed by atoms with Gasteiger partial charge in [0.25, 0.3) is 0 Å². The number of thioether (sulfide) groups is 1. The Hall–Kier alpha value is -2.80. The molecular formula is C25H28N2O4S. The van der Waals surface area contributed by atoms with Crippen molar-refractivity contribution in [2.75, 3.05) is 12.9 Å². The molecule has 2 fully saturated rings. The van der Waals surface area contributed by atoms with Gasteiger partial charge in [-0.2, -0.15) is 0 Å². The van der Waals surface area contributed by atoms with E-state index in [1.807, 2.05) is 70.5 Å². The number of aldehydes is 1. The van der Waals surface area contributed by atoms with Crippen LogP contribution < -0.4 is 0 Å². The van der Waals surface area contributed by atoms with Crippen molar-refractivity contribution in [2.24, 2.45) is 5.92 Å². The van der Waals surface area contributed by atoms with Crippen molar-refractivity contribution < 1.29 is 19.1 Å². The fourth-order valence-electron chi connectivity index (χ4n) is 4.83. The molecule has 0 saturated carbocycles. The Bertz CT molecular complexity index is 939. The van der Waals surface area contributed by atoms with Crippen molar-refractivity contribution in [1.82, 2.24) is 9.80 Å². The summed E-state index contributed by atoms with van der Waals surface area (Å²) in [6, 6.07) is 19.4. The van der Waals surface area contributed by atoms with Crippen LogP contribution >= 0.6 is 11.8 Å². The Morgan fingerprint density at radius 2 is 1.84 bits per heavy atom. The largest absolute Gasteiger partial charge is 0.469 e. The molecule has 4 unspecified atom stereocenters. The fraction of sp³-hybridized carbons (Fsp3) is 0.400. The topological polar surface area (TPSA) is 66.9 Å². The van der Waals surface area contributed by atoms with Crippen LogP contribution in [0.2, 0.25) is 0 Å². The van der Waals surface area contributed by atoms with Crippen molar-refractivity contribution in [3.05, 3.63) is 71.8 Å². The van der Waals surface area contributed by atoms with Crippen LogP contribution in [0.15, 0.2) is 60.7 Å². The van der Waals surface area contributed by atoms with Crippen LogP contribution in [0.25, 0.3) is 0 Å². The van der Waals surface area contributed by atoms with Gasteiger partial charge in [0.05, 0.1) is 25.1 Å². The highest BCUT2D eigenvalue weighted by Gasteiger charge is 2.56. The normalized spacial score (nSPS) is 23.2. The van der Waals surface area contributed by atoms with Crippen LogP contribution in [-0.4, -0.2) is 53.0 Å². The third kappa shape index (κ3) is 4.39. The van der Waals surface area contributed by atoms with Crippen molar-refractivity contribution in [1.29, 1.82) is 0 Å². The number of esters is 1. The van der Waals surface area contributed by atoms with E-state index >= 15 is 0 Å². The van der Waals surface area contributed by atoms with Gasteiger partial charge in [-0.15, -0.1) is 11.8 Å². The Kier molecular flexibility index (Phi) is 7.15. The average Bonchev–Trinajstić information content (AvgIpc) is 3.37. The van der Waals surface area contributed by atoms with E-state index in [1.54, 1.807) is 11.8 Å². The van der Waals surface area contributed by atoms with Crippen LogP contribution in [0.3, 0.4) is 0 Å². The van der Waals surface area contributed by atoms with Crippen LogP contribution in [0, 0.1) is 5.92 Å². The first-order valence-corrected chi connectivity index (χ1v) is 12.0. The highest BCUT2D eigenvalue weighted by atomic mass is 32.2. The number of amides is 2. The number of fused-ring (bicyclic) bond motifs is 1. The number of rotatable bonds is 9. The zero-order chi connectivity index (χ0) is 22.5. The summed E-state index contributed by atoms with van der Waals surface area (Å²) in [5.41, 5.74) is 2.11. The summed E-state index contributed by atoms with van der Waals surface area (Å²) in [6.45, 7) is 0.435. The Balaban J connectivity index is 1.69. The number of benzene rings is 2. The molecule has 0 bridgehead atoms. The first kappa shape index (κ1) is 22.4. The van der Waals surface area contributed by atoms with Gasteiger partial charge < -0.3 is 19.3 Å². The van der Waals surface area contributed by atoms with E-state index in [0.717, 1.165) is 23.2 Å². The lowest BCUT2D eigenvalue weighted by molar-refractivity contribution is -0.148. The lowest BCUT2D eigenvalue weighted by atomic mass is 9.88. The number of hydrogen-bond acceptors (Lipinski definition) is 5. The van der Waals surface area contributed by atoms with Crippen molar-refractivity contribution in [3.63, 3.8) is 0 Å².